The van der Waals surface area contributed by atoms with Crippen molar-refractivity contribution in [3.63, 3.8) is 0 Å². The largest absolute Gasteiger partial charge is 0.398 e. The molecule has 3 nitrogen and oxygen atoms in total. The molecule has 1 aromatic carbocycles. The summed E-state index contributed by atoms with van der Waals surface area (Å²) in [5, 5.41) is 11.8. The molecule has 0 aliphatic rings. The molecule has 0 atom stereocenters. The summed E-state index contributed by atoms with van der Waals surface area (Å²) in [4.78, 5) is 0. The van der Waals surface area contributed by atoms with Crippen molar-refractivity contribution in [2.75, 3.05) is 19.3 Å². The summed E-state index contributed by atoms with van der Waals surface area (Å²) in [6, 6.07) is 7.27. The van der Waals surface area contributed by atoms with Gasteiger partial charge >= 0.3 is 0 Å². The number of anilines is 1. The summed E-state index contributed by atoms with van der Waals surface area (Å²) in [7, 11) is 1.89. The molecule has 0 bridgehead atoms. The molecule has 0 spiro atoms. The topological polar surface area (TPSA) is 61.8 Å². The van der Waals surface area contributed by atoms with Gasteiger partial charge in [0, 0.05) is 24.2 Å². The van der Waals surface area contributed by atoms with Crippen molar-refractivity contribution in [1.29, 1.82) is 5.26 Å². The maximum Gasteiger partial charge on any atom is 0.101 e. The molecule has 0 aromatic heterocycles. The number of rotatable bonds is 2. The van der Waals surface area contributed by atoms with Gasteiger partial charge in [-0.2, -0.15) is 5.26 Å². The van der Waals surface area contributed by atoms with Crippen LogP contribution in [-0.2, 0) is 0 Å². The molecule has 0 saturated heterocycles. The van der Waals surface area contributed by atoms with E-state index in [9.17, 15) is 0 Å². The lowest BCUT2D eigenvalue weighted by atomic mass is 10.1. The van der Waals surface area contributed by atoms with E-state index in [1.54, 1.807) is 12.1 Å². The highest BCUT2D eigenvalue weighted by Crippen LogP contribution is 2.11. The summed E-state index contributed by atoms with van der Waals surface area (Å²) in [6.07, 6.45) is 0.794. The van der Waals surface area contributed by atoms with Crippen LogP contribution in [0.5, 0.6) is 0 Å². The van der Waals surface area contributed by atoms with Crippen molar-refractivity contribution in [1.82, 2.24) is 5.32 Å². The highest BCUT2D eigenvalue weighted by atomic mass is 14.8. The Labute approximate surface area is 89.9 Å². The molecule has 0 radical (unpaired) electrons. The van der Waals surface area contributed by atoms with E-state index in [0.717, 1.165) is 18.5 Å². The van der Waals surface area contributed by atoms with E-state index in [2.05, 4.69) is 17.2 Å². The van der Waals surface area contributed by atoms with Gasteiger partial charge in [-0.1, -0.05) is 11.8 Å². The third-order valence-electron chi connectivity index (χ3n) is 1.91. The molecule has 3 N–H and O–H groups in total. The molecule has 15 heavy (non-hydrogen) atoms. The van der Waals surface area contributed by atoms with Crippen LogP contribution in [0, 0.1) is 23.2 Å². The molecule has 0 aliphatic heterocycles. The van der Waals surface area contributed by atoms with Gasteiger partial charge in [-0.05, 0) is 25.2 Å². The van der Waals surface area contributed by atoms with Gasteiger partial charge in [0.2, 0.25) is 0 Å². The molecule has 0 aliphatic carbocycles. The van der Waals surface area contributed by atoms with Crippen molar-refractivity contribution >= 4 is 5.69 Å². The van der Waals surface area contributed by atoms with Crippen molar-refractivity contribution in [3.8, 4) is 17.9 Å². The van der Waals surface area contributed by atoms with E-state index in [1.165, 1.54) is 0 Å². The standard InChI is InChI=1S/C12H13N3/c1-15-7-3-2-4-10-5-6-12(14)11(8-10)9-13/h5-6,8,15H,3,7,14H2,1H3. The lowest BCUT2D eigenvalue weighted by molar-refractivity contribution is 0.818. The van der Waals surface area contributed by atoms with Crippen LogP contribution < -0.4 is 11.1 Å². The highest BCUT2D eigenvalue weighted by Gasteiger charge is 1.97. The van der Waals surface area contributed by atoms with Crippen LogP contribution in [-0.4, -0.2) is 13.6 Å². The smallest absolute Gasteiger partial charge is 0.101 e. The van der Waals surface area contributed by atoms with Crippen LogP contribution in [0.4, 0.5) is 5.69 Å². The average molecular weight is 199 g/mol. The fourth-order valence-electron chi connectivity index (χ4n) is 1.08. The molecule has 0 unspecified atom stereocenters. The van der Waals surface area contributed by atoms with Crippen molar-refractivity contribution in [2.45, 2.75) is 6.42 Å². The number of nitrogens with two attached hydrogens (primary N) is 1. The minimum atomic E-state index is 0.482. The van der Waals surface area contributed by atoms with E-state index in [1.807, 2.05) is 19.2 Å². The lowest BCUT2D eigenvalue weighted by Crippen LogP contribution is -2.05. The Morgan fingerprint density at radius 2 is 2.27 bits per heavy atom. The Bertz CT molecular complexity index is 432. The zero-order valence-electron chi connectivity index (χ0n) is 8.67. The molecule has 3 heteroatoms. The van der Waals surface area contributed by atoms with Crippen molar-refractivity contribution in [3.05, 3.63) is 29.3 Å². The molecule has 0 heterocycles. The molecule has 0 saturated carbocycles. The SMILES string of the molecule is CNCCC#Cc1ccc(N)c(C#N)c1. The first-order chi connectivity index (χ1) is 7.27. The first-order valence-corrected chi connectivity index (χ1v) is 4.71. The second kappa shape index (κ2) is 5.70. The van der Waals surface area contributed by atoms with Crippen molar-refractivity contribution in [2.24, 2.45) is 0 Å². The van der Waals surface area contributed by atoms with E-state index >= 15 is 0 Å². The second-order valence-corrected chi connectivity index (χ2v) is 3.07. The molecule has 1 aromatic rings. The van der Waals surface area contributed by atoms with E-state index in [-0.39, 0.29) is 0 Å². The monoisotopic (exact) mass is 199 g/mol. The van der Waals surface area contributed by atoms with E-state index in [0.29, 0.717) is 11.3 Å². The first kappa shape index (κ1) is 11.1. The van der Waals surface area contributed by atoms with Gasteiger partial charge in [0.25, 0.3) is 0 Å². The summed E-state index contributed by atoms with van der Waals surface area (Å²) in [5.41, 5.74) is 7.41. The predicted molar refractivity (Wildman–Crippen MR) is 61.0 cm³/mol. The lowest BCUT2D eigenvalue weighted by Gasteiger charge is -1.96. The van der Waals surface area contributed by atoms with Crippen LogP contribution in [0.1, 0.15) is 17.5 Å². The van der Waals surface area contributed by atoms with Gasteiger partial charge in [0.05, 0.1) is 5.56 Å². The molecular formula is C12H13N3. The zero-order chi connectivity index (χ0) is 11.1. The Balaban J connectivity index is 2.78. The molecule has 0 fully saturated rings. The number of nitrogen functional groups attached to an aromatic ring is 1. The summed E-state index contributed by atoms with van der Waals surface area (Å²) in [6.45, 7) is 0.868. The number of nitriles is 1. The molecular weight excluding hydrogens is 186 g/mol. The third-order valence-corrected chi connectivity index (χ3v) is 1.91. The van der Waals surface area contributed by atoms with Crippen LogP contribution in [0.15, 0.2) is 18.2 Å². The predicted octanol–water partition coefficient (Wildman–Crippen LogP) is 1.10. The normalized spacial score (nSPS) is 8.80. The minimum Gasteiger partial charge on any atom is -0.398 e. The van der Waals surface area contributed by atoms with Gasteiger partial charge in [-0.15, -0.1) is 0 Å². The first-order valence-electron chi connectivity index (χ1n) is 4.71. The number of nitrogens with one attached hydrogen (secondary N) is 1. The fraction of sp³-hybridized carbons (Fsp3) is 0.250. The molecule has 76 valence electrons. The summed E-state index contributed by atoms with van der Waals surface area (Å²) in [5.74, 6) is 6.00. The van der Waals surface area contributed by atoms with E-state index in [4.69, 9.17) is 11.0 Å². The maximum atomic E-state index is 8.76. The number of nitrogens with zero attached hydrogens (tertiary/aromatic N) is 1. The van der Waals surface area contributed by atoms with Gasteiger partial charge in [-0.25, -0.2) is 0 Å². The van der Waals surface area contributed by atoms with Crippen LogP contribution in [0.3, 0.4) is 0 Å². The molecule has 1 rings (SSSR count). The number of hydrogen-bond donors (Lipinski definition) is 2. The van der Waals surface area contributed by atoms with Crippen LogP contribution in [0.25, 0.3) is 0 Å². The number of hydrogen-bond acceptors (Lipinski definition) is 3. The highest BCUT2D eigenvalue weighted by molar-refractivity contribution is 5.57. The summed E-state index contributed by atoms with van der Waals surface area (Å²) >= 11 is 0. The van der Waals surface area contributed by atoms with Gasteiger partial charge in [0.15, 0.2) is 0 Å². The molecule has 0 amide bonds. The maximum absolute atomic E-state index is 8.76. The van der Waals surface area contributed by atoms with Gasteiger partial charge in [0.1, 0.15) is 6.07 Å². The Morgan fingerprint density at radius 1 is 1.47 bits per heavy atom. The summed E-state index contributed by atoms with van der Waals surface area (Å²) < 4.78 is 0. The van der Waals surface area contributed by atoms with Crippen LogP contribution in [0.2, 0.25) is 0 Å². The second-order valence-electron chi connectivity index (χ2n) is 3.07. The zero-order valence-corrected chi connectivity index (χ0v) is 8.67. The Hall–Kier alpha value is -1.97. The van der Waals surface area contributed by atoms with E-state index < -0.39 is 0 Å². The minimum absolute atomic E-state index is 0.482. The van der Waals surface area contributed by atoms with Crippen LogP contribution >= 0.6 is 0 Å². The van der Waals surface area contributed by atoms with Gasteiger partial charge < -0.3 is 11.1 Å². The third kappa shape index (κ3) is 3.34. The average Bonchev–Trinajstić information content (AvgIpc) is 2.26. The Morgan fingerprint density at radius 3 is 2.93 bits per heavy atom. The number of benzene rings is 1. The Kier molecular flexibility index (Phi) is 4.22. The quantitative estimate of drug-likeness (QED) is 0.426. The van der Waals surface area contributed by atoms with Gasteiger partial charge in [-0.3, -0.25) is 0 Å². The fourth-order valence-corrected chi connectivity index (χ4v) is 1.08. The van der Waals surface area contributed by atoms with Crippen molar-refractivity contribution < 1.29 is 0 Å².